The molecule has 3 fully saturated rings. The molecule has 1 aromatic heterocycles. The first kappa shape index (κ1) is 23.0. The summed E-state index contributed by atoms with van der Waals surface area (Å²) in [5.74, 6) is -2.00. The van der Waals surface area contributed by atoms with E-state index in [0.29, 0.717) is 25.4 Å². The first-order valence-corrected chi connectivity index (χ1v) is 11.5. The summed E-state index contributed by atoms with van der Waals surface area (Å²) in [7, 11) is 0. The Morgan fingerprint density at radius 1 is 1.38 bits per heavy atom. The first-order chi connectivity index (χ1) is 15.3. The minimum Gasteiger partial charge on any atom is -0.356 e. The minimum absolute atomic E-state index is 0.205. The van der Waals surface area contributed by atoms with Crippen LogP contribution in [-0.4, -0.2) is 46.9 Å². The number of likely N-dealkylation sites (tertiary alicyclic amines) is 1. The molecule has 2 amide bonds. The molecule has 0 spiro atoms. The van der Waals surface area contributed by atoms with Gasteiger partial charge in [-0.2, -0.15) is 0 Å². The van der Waals surface area contributed by atoms with Crippen molar-refractivity contribution in [1.82, 2.24) is 15.2 Å². The van der Waals surface area contributed by atoms with Gasteiger partial charge in [0, 0.05) is 30.1 Å². The molecule has 0 bridgehead atoms. The van der Waals surface area contributed by atoms with Gasteiger partial charge in [0.25, 0.3) is 0 Å². The Bertz CT molecular complexity index is 978. The van der Waals surface area contributed by atoms with Crippen molar-refractivity contribution in [1.29, 1.82) is 0 Å². The van der Waals surface area contributed by atoms with Gasteiger partial charge >= 0.3 is 0 Å². The van der Waals surface area contributed by atoms with Crippen LogP contribution < -0.4 is 10.6 Å². The van der Waals surface area contributed by atoms with Gasteiger partial charge in [0.2, 0.25) is 11.8 Å². The lowest BCUT2D eigenvalue weighted by Gasteiger charge is -2.33. The number of hydrogen-bond acceptors (Lipinski definition) is 4. The number of rotatable bonds is 7. The molecule has 2 N–H and O–H groups in total. The Balaban J connectivity index is 1.70. The zero-order valence-electron chi connectivity index (χ0n) is 17.4. The molecule has 3 aliphatic rings. The smallest absolute Gasteiger partial charge is 0.243 e. The Hall–Kier alpha value is -2.22. The summed E-state index contributed by atoms with van der Waals surface area (Å²) in [4.78, 5) is 32.5. The molecule has 2 aliphatic heterocycles. The zero-order chi connectivity index (χ0) is 22.8. The van der Waals surface area contributed by atoms with Crippen molar-refractivity contribution >= 4 is 40.8 Å². The SMILES string of the molecule is C=C(Cl)/C=C\C=C(/F)C1C(C(=O)Nc2cccc(Cl)n2)N(CC2CC2)[C@H]2CCNC(=O)[C@@H]12. The largest absolute Gasteiger partial charge is 0.356 e. The number of nitrogens with one attached hydrogen (secondary N) is 2. The molecule has 3 heterocycles. The predicted octanol–water partition coefficient (Wildman–Crippen LogP) is 4.05. The Morgan fingerprint density at radius 2 is 2.16 bits per heavy atom. The quantitative estimate of drug-likeness (QED) is 0.457. The molecule has 2 saturated heterocycles. The Kier molecular flexibility index (Phi) is 6.98. The minimum atomic E-state index is -0.925. The third-order valence-corrected chi connectivity index (χ3v) is 6.56. The highest BCUT2D eigenvalue weighted by Gasteiger charge is 2.57. The fourth-order valence-electron chi connectivity index (χ4n) is 4.72. The number of nitrogens with zero attached hydrogens (tertiary/aromatic N) is 2. The number of allylic oxidation sites excluding steroid dienone is 4. The van der Waals surface area contributed by atoms with Gasteiger partial charge in [-0.3, -0.25) is 14.5 Å². The van der Waals surface area contributed by atoms with Crippen molar-refractivity contribution in [2.24, 2.45) is 17.8 Å². The van der Waals surface area contributed by atoms with E-state index in [1.54, 1.807) is 18.2 Å². The Labute approximate surface area is 196 Å². The maximum atomic E-state index is 15.6. The van der Waals surface area contributed by atoms with Gasteiger partial charge in [-0.05, 0) is 49.5 Å². The van der Waals surface area contributed by atoms with Gasteiger partial charge in [0.05, 0.1) is 12.0 Å². The zero-order valence-corrected chi connectivity index (χ0v) is 19.0. The van der Waals surface area contributed by atoms with Crippen LogP contribution in [0.4, 0.5) is 10.2 Å². The number of fused-ring (bicyclic) bond motifs is 1. The lowest BCUT2D eigenvalue weighted by Crippen LogP contribution is -2.50. The van der Waals surface area contributed by atoms with Crippen molar-refractivity contribution in [3.8, 4) is 0 Å². The Morgan fingerprint density at radius 3 is 2.84 bits per heavy atom. The van der Waals surface area contributed by atoms with Crippen LogP contribution in [0.25, 0.3) is 0 Å². The number of hydrogen-bond donors (Lipinski definition) is 2. The van der Waals surface area contributed by atoms with Crippen LogP contribution in [-0.2, 0) is 9.59 Å². The van der Waals surface area contributed by atoms with Crippen molar-refractivity contribution in [2.45, 2.75) is 31.3 Å². The number of piperidine rings is 1. The van der Waals surface area contributed by atoms with Crippen LogP contribution in [0, 0.1) is 17.8 Å². The van der Waals surface area contributed by atoms with E-state index in [1.165, 1.54) is 18.2 Å². The average Bonchev–Trinajstić information content (AvgIpc) is 3.48. The predicted molar refractivity (Wildman–Crippen MR) is 123 cm³/mol. The van der Waals surface area contributed by atoms with Crippen LogP contribution in [0.5, 0.6) is 0 Å². The third-order valence-electron chi connectivity index (χ3n) is 6.22. The third kappa shape index (κ3) is 5.05. The van der Waals surface area contributed by atoms with Crippen LogP contribution in [0.3, 0.4) is 0 Å². The lowest BCUT2D eigenvalue weighted by atomic mass is 9.82. The molecule has 32 heavy (non-hydrogen) atoms. The van der Waals surface area contributed by atoms with Gasteiger partial charge in [-0.1, -0.05) is 41.9 Å². The van der Waals surface area contributed by atoms with E-state index in [-0.39, 0.29) is 28.0 Å². The molecule has 9 heteroatoms. The molecule has 4 atom stereocenters. The number of anilines is 1. The highest BCUT2D eigenvalue weighted by molar-refractivity contribution is 6.30. The maximum absolute atomic E-state index is 15.6. The van der Waals surface area contributed by atoms with E-state index in [2.05, 4.69) is 22.2 Å². The van der Waals surface area contributed by atoms with Gasteiger partial charge in [0.15, 0.2) is 0 Å². The normalized spacial score (nSPS) is 28.5. The van der Waals surface area contributed by atoms with Crippen LogP contribution in [0.1, 0.15) is 19.3 Å². The van der Waals surface area contributed by atoms with Crippen molar-refractivity contribution in [2.75, 3.05) is 18.4 Å². The van der Waals surface area contributed by atoms with Crippen molar-refractivity contribution in [3.05, 3.63) is 59.0 Å². The molecule has 0 radical (unpaired) electrons. The number of aromatic nitrogens is 1. The number of carbonyl (C=O) groups is 2. The van der Waals surface area contributed by atoms with E-state index in [0.717, 1.165) is 12.8 Å². The summed E-state index contributed by atoms with van der Waals surface area (Å²) < 4.78 is 15.6. The topological polar surface area (TPSA) is 74.3 Å². The number of pyridine rings is 1. The summed E-state index contributed by atoms with van der Waals surface area (Å²) in [5, 5.41) is 6.12. The molecular formula is C23H25Cl2FN4O2. The maximum Gasteiger partial charge on any atom is 0.243 e. The fourth-order valence-corrected chi connectivity index (χ4v) is 4.95. The van der Waals surface area contributed by atoms with E-state index in [1.807, 2.05) is 4.90 Å². The average molecular weight is 479 g/mol. The molecule has 2 unspecified atom stereocenters. The van der Waals surface area contributed by atoms with Crippen LogP contribution in [0.2, 0.25) is 5.15 Å². The molecule has 6 nitrogen and oxygen atoms in total. The summed E-state index contributed by atoms with van der Waals surface area (Å²) in [6.45, 7) is 4.72. The second kappa shape index (κ2) is 9.73. The van der Waals surface area contributed by atoms with E-state index >= 15 is 4.39 Å². The summed E-state index contributed by atoms with van der Waals surface area (Å²) in [5.41, 5.74) is 0. The molecule has 4 rings (SSSR count). The van der Waals surface area contributed by atoms with Crippen LogP contribution >= 0.6 is 23.2 Å². The number of halogens is 3. The number of carbonyl (C=O) groups excluding carboxylic acids is 2. The fraction of sp³-hybridized carbons (Fsp3) is 0.435. The lowest BCUT2D eigenvalue weighted by molar-refractivity contribution is -0.128. The number of amides is 2. The van der Waals surface area contributed by atoms with Crippen molar-refractivity contribution in [3.63, 3.8) is 0 Å². The molecule has 1 aliphatic carbocycles. The van der Waals surface area contributed by atoms with Gasteiger partial charge in [-0.25, -0.2) is 9.37 Å². The van der Waals surface area contributed by atoms with Crippen LogP contribution in [0.15, 0.2) is 53.9 Å². The standard InChI is InChI=1S/C23H25Cl2FN4O2/c1-13(24)4-2-5-15(26)19-20-16(10-11-27-22(20)31)30(12-14-8-9-14)21(19)23(32)29-18-7-3-6-17(25)28-18/h2-7,14,16,19-21H,1,8-12H2,(H,27,31)(H,28,29,32)/b4-2-,15-5-/t16-,19?,20+,21?/m0/s1. The van der Waals surface area contributed by atoms with E-state index in [4.69, 9.17) is 23.2 Å². The molecule has 170 valence electrons. The van der Waals surface area contributed by atoms with E-state index in [9.17, 15) is 9.59 Å². The first-order valence-electron chi connectivity index (χ1n) is 10.7. The van der Waals surface area contributed by atoms with Gasteiger partial charge in [0.1, 0.15) is 16.8 Å². The molecule has 1 saturated carbocycles. The molecule has 1 aromatic rings. The highest BCUT2D eigenvalue weighted by atomic mass is 35.5. The second-order valence-electron chi connectivity index (χ2n) is 8.48. The molecular weight excluding hydrogens is 454 g/mol. The van der Waals surface area contributed by atoms with Gasteiger partial charge < -0.3 is 10.6 Å². The summed E-state index contributed by atoms with van der Waals surface area (Å²) >= 11 is 11.7. The van der Waals surface area contributed by atoms with Crippen molar-refractivity contribution < 1.29 is 14.0 Å². The summed E-state index contributed by atoms with van der Waals surface area (Å²) in [6, 6.07) is 3.85. The molecule has 0 aromatic carbocycles. The monoisotopic (exact) mass is 478 g/mol. The summed E-state index contributed by atoms with van der Waals surface area (Å²) in [6.07, 6.45) is 6.98. The second-order valence-corrected chi connectivity index (χ2v) is 9.35. The van der Waals surface area contributed by atoms with Gasteiger partial charge in [-0.15, -0.1) is 0 Å². The highest BCUT2D eigenvalue weighted by Crippen LogP contribution is 2.45. The van der Waals surface area contributed by atoms with E-state index < -0.39 is 29.6 Å².